The van der Waals surface area contributed by atoms with Crippen molar-refractivity contribution < 1.29 is 0 Å². The number of nitrogen functional groups attached to an aromatic ring is 1. The number of hydrogen-bond donors (Lipinski definition) is 2. The van der Waals surface area contributed by atoms with Gasteiger partial charge in [-0.1, -0.05) is 12.1 Å². The normalized spacial score (nSPS) is 10.6. The summed E-state index contributed by atoms with van der Waals surface area (Å²) < 4.78 is 1.28. The lowest BCUT2D eigenvalue weighted by atomic mass is 10.2. The van der Waals surface area contributed by atoms with Gasteiger partial charge in [-0.25, -0.2) is 4.68 Å². The van der Waals surface area contributed by atoms with Crippen molar-refractivity contribution in [3.05, 3.63) is 58.3 Å². The molecule has 3 aromatic rings. The number of anilines is 4. The van der Waals surface area contributed by atoms with E-state index in [2.05, 4.69) is 25.4 Å². The molecule has 0 saturated carbocycles. The molecule has 0 aliphatic rings. The molecule has 0 unspecified atom stereocenters. The van der Waals surface area contributed by atoms with Crippen molar-refractivity contribution in [2.24, 2.45) is 0 Å². The van der Waals surface area contributed by atoms with Gasteiger partial charge in [-0.2, -0.15) is 20.1 Å². The highest BCUT2D eigenvalue weighted by molar-refractivity contribution is 5.54. The smallest absolute Gasteiger partial charge is 0.269 e. The molecule has 9 heteroatoms. The summed E-state index contributed by atoms with van der Waals surface area (Å²) in [6, 6.07) is 9.29. The van der Waals surface area contributed by atoms with Crippen LogP contribution in [0.25, 0.3) is 0 Å². The zero-order chi connectivity index (χ0) is 18.7. The van der Waals surface area contributed by atoms with Crippen molar-refractivity contribution in [2.45, 2.75) is 13.5 Å². The monoisotopic (exact) mass is 352 g/mol. The van der Waals surface area contributed by atoms with Crippen LogP contribution in [0.4, 0.5) is 23.3 Å². The van der Waals surface area contributed by atoms with E-state index in [0.717, 1.165) is 16.9 Å². The predicted molar refractivity (Wildman–Crippen MR) is 101 cm³/mol. The molecule has 26 heavy (non-hydrogen) atoms. The third-order valence-electron chi connectivity index (χ3n) is 3.64. The van der Waals surface area contributed by atoms with E-state index in [1.807, 2.05) is 50.2 Å². The topological polar surface area (TPSA) is 115 Å². The Kier molecular flexibility index (Phi) is 4.78. The SMILES string of the molecule is Cc1cccc(Nc2nc(N)nc(Cn3ncc(N(C)C)cc3=O)n2)c1. The van der Waals surface area contributed by atoms with Crippen molar-refractivity contribution in [1.29, 1.82) is 0 Å². The molecule has 0 bridgehead atoms. The van der Waals surface area contributed by atoms with Gasteiger partial charge in [-0.3, -0.25) is 4.79 Å². The molecular weight excluding hydrogens is 332 g/mol. The lowest BCUT2D eigenvalue weighted by molar-refractivity contribution is 0.613. The van der Waals surface area contributed by atoms with E-state index in [-0.39, 0.29) is 18.1 Å². The Morgan fingerprint density at radius 3 is 2.69 bits per heavy atom. The maximum atomic E-state index is 12.2. The van der Waals surface area contributed by atoms with E-state index in [4.69, 9.17) is 5.73 Å². The zero-order valence-corrected chi connectivity index (χ0v) is 14.8. The third kappa shape index (κ3) is 4.12. The Morgan fingerprint density at radius 1 is 1.19 bits per heavy atom. The first-order valence-electron chi connectivity index (χ1n) is 7.99. The molecule has 0 atom stereocenters. The minimum absolute atomic E-state index is 0.0723. The summed E-state index contributed by atoms with van der Waals surface area (Å²) in [5, 5.41) is 7.24. The van der Waals surface area contributed by atoms with Crippen LogP contribution in [0.1, 0.15) is 11.4 Å². The summed E-state index contributed by atoms with van der Waals surface area (Å²) in [5.74, 6) is 0.735. The van der Waals surface area contributed by atoms with Crippen LogP contribution in [0.2, 0.25) is 0 Å². The second-order valence-corrected chi connectivity index (χ2v) is 6.03. The standard InChI is InChI=1S/C17H20N8O/c1-11-5-4-6-12(7-11)20-17-22-14(21-16(18)23-17)10-25-15(26)8-13(9-19-25)24(2)3/h4-9H,10H2,1-3H3,(H3,18,20,21,22,23). The van der Waals surface area contributed by atoms with Gasteiger partial charge in [0.05, 0.1) is 11.9 Å². The van der Waals surface area contributed by atoms with Gasteiger partial charge in [0, 0.05) is 25.8 Å². The fraction of sp³-hybridized carbons (Fsp3) is 0.235. The zero-order valence-electron chi connectivity index (χ0n) is 14.8. The first kappa shape index (κ1) is 17.3. The number of nitrogens with one attached hydrogen (secondary N) is 1. The van der Waals surface area contributed by atoms with Crippen LogP contribution >= 0.6 is 0 Å². The second kappa shape index (κ2) is 7.18. The molecule has 134 valence electrons. The summed E-state index contributed by atoms with van der Waals surface area (Å²) in [6.45, 7) is 2.09. The summed E-state index contributed by atoms with van der Waals surface area (Å²) in [5.41, 5.74) is 8.21. The van der Waals surface area contributed by atoms with E-state index in [1.54, 1.807) is 6.20 Å². The van der Waals surface area contributed by atoms with Crippen molar-refractivity contribution in [3.8, 4) is 0 Å². The number of hydrogen-bond acceptors (Lipinski definition) is 8. The first-order chi connectivity index (χ1) is 12.4. The second-order valence-electron chi connectivity index (χ2n) is 6.03. The van der Waals surface area contributed by atoms with Crippen LogP contribution in [-0.2, 0) is 6.54 Å². The van der Waals surface area contributed by atoms with Crippen LogP contribution in [-0.4, -0.2) is 38.8 Å². The number of nitrogens with two attached hydrogens (primary N) is 1. The van der Waals surface area contributed by atoms with E-state index in [0.29, 0.717) is 11.8 Å². The molecule has 0 amide bonds. The Bertz CT molecular complexity index is 982. The van der Waals surface area contributed by atoms with Crippen molar-refractivity contribution in [1.82, 2.24) is 24.7 Å². The lowest BCUT2D eigenvalue weighted by Crippen LogP contribution is -2.25. The Balaban J connectivity index is 1.85. The van der Waals surface area contributed by atoms with E-state index < -0.39 is 0 Å². The van der Waals surface area contributed by atoms with Gasteiger partial charge < -0.3 is 16.0 Å². The van der Waals surface area contributed by atoms with Gasteiger partial charge in [0.15, 0.2) is 5.82 Å². The van der Waals surface area contributed by atoms with Crippen LogP contribution in [0.5, 0.6) is 0 Å². The van der Waals surface area contributed by atoms with Gasteiger partial charge >= 0.3 is 0 Å². The highest BCUT2D eigenvalue weighted by Crippen LogP contribution is 2.15. The highest BCUT2D eigenvalue weighted by Gasteiger charge is 2.09. The number of benzene rings is 1. The molecule has 2 aromatic heterocycles. The molecule has 0 aliphatic carbocycles. The molecule has 1 aromatic carbocycles. The van der Waals surface area contributed by atoms with Gasteiger partial charge in [-0.05, 0) is 24.6 Å². The minimum atomic E-state index is -0.247. The maximum absolute atomic E-state index is 12.2. The summed E-state index contributed by atoms with van der Waals surface area (Å²) >= 11 is 0. The molecule has 3 N–H and O–H groups in total. The summed E-state index contributed by atoms with van der Waals surface area (Å²) in [7, 11) is 3.69. The fourth-order valence-corrected chi connectivity index (χ4v) is 2.34. The van der Waals surface area contributed by atoms with E-state index in [9.17, 15) is 4.79 Å². The Labute approximate surface area is 150 Å². The average molecular weight is 352 g/mol. The first-order valence-corrected chi connectivity index (χ1v) is 7.99. The molecule has 9 nitrogen and oxygen atoms in total. The molecule has 0 saturated heterocycles. The number of nitrogens with zero attached hydrogens (tertiary/aromatic N) is 6. The van der Waals surface area contributed by atoms with Gasteiger partial charge in [0.1, 0.15) is 6.54 Å². The third-order valence-corrected chi connectivity index (χ3v) is 3.64. The van der Waals surface area contributed by atoms with Crippen LogP contribution in [0.15, 0.2) is 41.3 Å². The van der Waals surface area contributed by atoms with Crippen LogP contribution < -0.4 is 21.5 Å². The molecule has 0 radical (unpaired) electrons. The number of rotatable bonds is 5. The fourth-order valence-electron chi connectivity index (χ4n) is 2.34. The molecule has 2 heterocycles. The Morgan fingerprint density at radius 2 is 2.00 bits per heavy atom. The van der Waals surface area contributed by atoms with Gasteiger partial charge in [0.2, 0.25) is 11.9 Å². The van der Waals surface area contributed by atoms with Crippen LogP contribution in [0.3, 0.4) is 0 Å². The lowest BCUT2D eigenvalue weighted by Gasteiger charge is -2.12. The Hall–Kier alpha value is -3.49. The molecular formula is C17H20N8O. The summed E-state index contributed by atoms with van der Waals surface area (Å²) in [6.07, 6.45) is 1.61. The quantitative estimate of drug-likeness (QED) is 0.703. The number of aryl methyl sites for hydroxylation is 1. The highest BCUT2D eigenvalue weighted by atomic mass is 16.1. The van der Waals surface area contributed by atoms with Crippen molar-refractivity contribution >= 4 is 23.3 Å². The summed E-state index contributed by atoms with van der Waals surface area (Å²) in [4.78, 5) is 26.5. The average Bonchev–Trinajstić information content (AvgIpc) is 2.56. The van der Waals surface area contributed by atoms with Gasteiger partial charge in [0.25, 0.3) is 5.56 Å². The molecule has 0 spiro atoms. The minimum Gasteiger partial charge on any atom is -0.376 e. The van der Waals surface area contributed by atoms with E-state index >= 15 is 0 Å². The largest absolute Gasteiger partial charge is 0.376 e. The van der Waals surface area contributed by atoms with Gasteiger partial charge in [-0.15, -0.1) is 0 Å². The van der Waals surface area contributed by atoms with E-state index in [1.165, 1.54) is 10.7 Å². The number of aromatic nitrogens is 5. The molecule has 0 fully saturated rings. The van der Waals surface area contributed by atoms with Crippen molar-refractivity contribution in [2.75, 3.05) is 30.0 Å². The molecule has 0 aliphatic heterocycles. The maximum Gasteiger partial charge on any atom is 0.269 e. The van der Waals surface area contributed by atoms with Crippen LogP contribution in [0, 0.1) is 6.92 Å². The predicted octanol–water partition coefficient (Wildman–Crippen LogP) is 1.18. The van der Waals surface area contributed by atoms with Crippen molar-refractivity contribution in [3.63, 3.8) is 0 Å². The molecule has 3 rings (SSSR count).